The molecule has 3 nitrogen and oxygen atoms in total. The van der Waals surface area contributed by atoms with E-state index in [1.807, 2.05) is 0 Å². The van der Waals surface area contributed by atoms with Crippen LogP contribution in [-0.2, 0) is 0 Å². The molecule has 0 spiro atoms. The molecule has 0 rings (SSSR count). The second kappa shape index (κ2) is 8.90. The first-order valence-electron chi connectivity index (χ1n) is 7.00. The number of hydrogen-bond acceptors (Lipinski definition) is 3. The van der Waals surface area contributed by atoms with Gasteiger partial charge in [-0.3, -0.25) is 0 Å². The van der Waals surface area contributed by atoms with Crippen molar-refractivity contribution in [1.82, 2.24) is 15.1 Å². The lowest BCUT2D eigenvalue weighted by Gasteiger charge is -2.26. The van der Waals surface area contributed by atoms with Gasteiger partial charge in [-0.1, -0.05) is 34.6 Å². The normalized spacial score (nSPS) is 12.7. The summed E-state index contributed by atoms with van der Waals surface area (Å²) in [5, 5.41) is 3.52. The van der Waals surface area contributed by atoms with E-state index in [1.165, 1.54) is 0 Å². The van der Waals surface area contributed by atoms with Gasteiger partial charge in [0.15, 0.2) is 0 Å². The second-order valence-corrected chi connectivity index (χ2v) is 6.08. The van der Waals surface area contributed by atoms with E-state index in [-0.39, 0.29) is 0 Å². The number of hydrogen-bond donors (Lipinski definition) is 1. The molecule has 0 aliphatic heterocycles. The highest BCUT2D eigenvalue weighted by Gasteiger charge is 2.12. The van der Waals surface area contributed by atoms with Crippen molar-refractivity contribution in [1.29, 1.82) is 0 Å². The zero-order chi connectivity index (χ0) is 13.3. The van der Waals surface area contributed by atoms with Crippen LogP contribution in [0.2, 0.25) is 0 Å². The van der Waals surface area contributed by atoms with Crippen LogP contribution >= 0.6 is 0 Å². The molecule has 1 N–H and O–H groups in total. The molecule has 0 radical (unpaired) electrons. The van der Waals surface area contributed by atoms with Gasteiger partial charge in [0.05, 0.1) is 0 Å². The predicted molar refractivity (Wildman–Crippen MR) is 77.6 cm³/mol. The van der Waals surface area contributed by atoms with Crippen LogP contribution in [0.25, 0.3) is 0 Å². The quantitative estimate of drug-likeness (QED) is 0.624. The fraction of sp³-hybridized carbons (Fsp3) is 1.00. The summed E-state index contributed by atoms with van der Waals surface area (Å²) >= 11 is 0. The van der Waals surface area contributed by atoms with Gasteiger partial charge in [0.1, 0.15) is 0 Å². The maximum absolute atomic E-state index is 3.52. The Bertz CT molecular complexity index is 171. The van der Waals surface area contributed by atoms with E-state index < -0.39 is 0 Å². The fourth-order valence-corrected chi connectivity index (χ4v) is 2.06. The topological polar surface area (TPSA) is 18.5 Å². The molecule has 0 aliphatic carbocycles. The van der Waals surface area contributed by atoms with Crippen molar-refractivity contribution in [2.45, 2.75) is 34.6 Å². The predicted octanol–water partition coefficient (Wildman–Crippen LogP) is 1.90. The Hall–Kier alpha value is -0.120. The minimum absolute atomic E-state index is 0.399. The van der Waals surface area contributed by atoms with Gasteiger partial charge in [-0.25, -0.2) is 0 Å². The van der Waals surface area contributed by atoms with E-state index in [0.29, 0.717) is 5.41 Å². The molecule has 0 bridgehead atoms. The van der Waals surface area contributed by atoms with Crippen molar-refractivity contribution in [2.75, 3.05) is 52.9 Å². The average molecular weight is 243 g/mol. The van der Waals surface area contributed by atoms with Gasteiger partial charge >= 0.3 is 0 Å². The summed E-state index contributed by atoms with van der Waals surface area (Å²) in [7, 11) is 2.21. The molecule has 0 saturated heterocycles. The van der Waals surface area contributed by atoms with E-state index in [2.05, 4.69) is 56.8 Å². The maximum atomic E-state index is 3.52. The summed E-state index contributed by atoms with van der Waals surface area (Å²) < 4.78 is 0. The lowest BCUT2D eigenvalue weighted by atomic mass is 9.96. The summed E-state index contributed by atoms with van der Waals surface area (Å²) in [5.41, 5.74) is 0.399. The van der Waals surface area contributed by atoms with Gasteiger partial charge in [0, 0.05) is 32.7 Å². The van der Waals surface area contributed by atoms with Gasteiger partial charge in [-0.15, -0.1) is 0 Å². The summed E-state index contributed by atoms with van der Waals surface area (Å²) in [6, 6.07) is 0. The van der Waals surface area contributed by atoms with Crippen LogP contribution in [0.15, 0.2) is 0 Å². The molecule has 3 heteroatoms. The summed E-state index contributed by atoms with van der Waals surface area (Å²) in [6.07, 6.45) is 0. The molecule has 0 aliphatic rings. The third-order valence-electron chi connectivity index (χ3n) is 2.91. The van der Waals surface area contributed by atoms with Crippen LogP contribution < -0.4 is 5.32 Å². The zero-order valence-corrected chi connectivity index (χ0v) is 12.8. The van der Waals surface area contributed by atoms with Crippen LogP contribution in [0.4, 0.5) is 0 Å². The molecule has 0 aromatic carbocycles. The highest BCUT2D eigenvalue weighted by atomic mass is 15.1. The summed E-state index contributed by atoms with van der Waals surface area (Å²) in [4.78, 5) is 4.86. The van der Waals surface area contributed by atoms with Crippen molar-refractivity contribution in [3.05, 3.63) is 0 Å². The minimum Gasteiger partial charge on any atom is -0.314 e. The highest BCUT2D eigenvalue weighted by Crippen LogP contribution is 2.13. The first-order chi connectivity index (χ1) is 7.89. The number of likely N-dealkylation sites (N-methyl/N-ethyl adjacent to an activating group) is 2. The van der Waals surface area contributed by atoms with Crippen molar-refractivity contribution in [3.8, 4) is 0 Å². The smallest absolute Gasteiger partial charge is 0.0107 e. The molecular formula is C14H33N3. The monoisotopic (exact) mass is 243 g/mol. The molecule has 0 atom stereocenters. The summed E-state index contributed by atoms with van der Waals surface area (Å²) in [5.74, 6) is 0. The molecule has 0 heterocycles. The molecule has 0 saturated carbocycles. The molecule has 17 heavy (non-hydrogen) atoms. The molecular weight excluding hydrogens is 210 g/mol. The third-order valence-corrected chi connectivity index (χ3v) is 2.91. The second-order valence-electron chi connectivity index (χ2n) is 6.08. The molecule has 0 amide bonds. The summed E-state index contributed by atoms with van der Waals surface area (Å²) in [6.45, 7) is 19.3. The van der Waals surface area contributed by atoms with Gasteiger partial charge < -0.3 is 15.1 Å². The van der Waals surface area contributed by atoms with Crippen molar-refractivity contribution in [3.63, 3.8) is 0 Å². The van der Waals surface area contributed by atoms with E-state index in [0.717, 1.165) is 45.8 Å². The Morgan fingerprint density at radius 1 is 0.941 bits per heavy atom. The van der Waals surface area contributed by atoms with Crippen LogP contribution in [0.1, 0.15) is 34.6 Å². The largest absolute Gasteiger partial charge is 0.314 e. The molecule has 0 aromatic heterocycles. The Labute approximate surface area is 109 Å². The molecule has 0 fully saturated rings. The highest BCUT2D eigenvalue weighted by molar-refractivity contribution is 4.67. The SMILES string of the molecule is CCN(CC)CCNCCN(C)CC(C)(C)C. The van der Waals surface area contributed by atoms with E-state index in [9.17, 15) is 0 Å². The number of nitrogens with one attached hydrogen (secondary N) is 1. The van der Waals surface area contributed by atoms with Gasteiger partial charge in [0.25, 0.3) is 0 Å². The standard InChI is InChI=1S/C14H33N3/c1-7-17(8-2)12-10-15-9-11-16(6)13-14(3,4)5/h15H,7-13H2,1-6H3. The Morgan fingerprint density at radius 3 is 1.94 bits per heavy atom. The lowest BCUT2D eigenvalue weighted by Crippen LogP contribution is -2.37. The zero-order valence-electron chi connectivity index (χ0n) is 12.8. The maximum Gasteiger partial charge on any atom is 0.0107 e. The molecule has 0 aromatic rings. The lowest BCUT2D eigenvalue weighted by molar-refractivity contribution is 0.225. The average Bonchev–Trinajstić information content (AvgIpc) is 2.21. The van der Waals surface area contributed by atoms with Crippen molar-refractivity contribution >= 4 is 0 Å². The third kappa shape index (κ3) is 10.7. The van der Waals surface area contributed by atoms with Crippen LogP contribution in [-0.4, -0.2) is 62.7 Å². The van der Waals surface area contributed by atoms with Crippen molar-refractivity contribution < 1.29 is 0 Å². The number of nitrogens with zero attached hydrogens (tertiary/aromatic N) is 2. The molecule has 104 valence electrons. The Balaban J connectivity index is 3.45. The Kier molecular flexibility index (Phi) is 8.83. The Morgan fingerprint density at radius 2 is 1.47 bits per heavy atom. The molecule has 0 unspecified atom stereocenters. The van der Waals surface area contributed by atoms with E-state index in [1.54, 1.807) is 0 Å². The first-order valence-corrected chi connectivity index (χ1v) is 7.00. The van der Waals surface area contributed by atoms with Crippen LogP contribution in [0.3, 0.4) is 0 Å². The first kappa shape index (κ1) is 16.9. The fourth-order valence-electron chi connectivity index (χ4n) is 2.06. The minimum atomic E-state index is 0.399. The van der Waals surface area contributed by atoms with E-state index >= 15 is 0 Å². The van der Waals surface area contributed by atoms with E-state index in [4.69, 9.17) is 0 Å². The van der Waals surface area contributed by atoms with Crippen LogP contribution in [0.5, 0.6) is 0 Å². The number of rotatable bonds is 9. The van der Waals surface area contributed by atoms with Gasteiger partial charge in [-0.2, -0.15) is 0 Å². The van der Waals surface area contributed by atoms with Gasteiger partial charge in [-0.05, 0) is 25.6 Å². The van der Waals surface area contributed by atoms with Crippen molar-refractivity contribution in [2.24, 2.45) is 5.41 Å². The van der Waals surface area contributed by atoms with Crippen LogP contribution in [0, 0.1) is 5.41 Å². The van der Waals surface area contributed by atoms with Gasteiger partial charge in [0.2, 0.25) is 0 Å².